The minimum Gasteiger partial charge on any atom is -0.335 e. The van der Waals surface area contributed by atoms with Gasteiger partial charge in [-0.2, -0.15) is 0 Å². The average Bonchev–Trinajstić information content (AvgIpc) is 3.98. The summed E-state index contributed by atoms with van der Waals surface area (Å²) in [5, 5.41) is 16.7. The van der Waals surface area contributed by atoms with E-state index >= 15 is 0 Å². The second kappa shape index (κ2) is 20.8. The van der Waals surface area contributed by atoms with E-state index in [9.17, 15) is 0 Å². The highest BCUT2D eigenvalue weighted by Gasteiger charge is 2.12. The number of hydrogen-bond acceptors (Lipinski definition) is 12. The Bertz CT molecular complexity index is 1660. The van der Waals surface area contributed by atoms with E-state index in [1.54, 1.807) is 47.0 Å². The predicted octanol–water partition coefficient (Wildman–Crippen LogP) is 10.9. The molecule has 0 bridgehead atoms. The van der Waals surface area contributed by atoms with Crippen molar-refractivity contribution in [2.75, 3.05) is 47.4 Å². The highest BCUT2D eigenvalue weighted by atomic mass is 32.2. The van der Waals surface area contributed by atoms with E-state index in [1.165, 1.54) is 0 Å². The molecule has 0 atom stereocenters. The van der Waals surface area contributed by atoms with Crippen LogP contribution in [0.5, 0.6) is 0 Å². The first kappa shape index (κ1) is 38.4. The van der Waals surface area contributed by atoms with Gasteiger partial charge in [-0.15, -0.1) is 0 Å². The minimum atomic E-state index is 0.736. The fraction of sp³-hybridized carbons (Fsp3) is 0.100. The molecule has 0 amide bonds. The lowest BCUT2D eigenvalue weighted by atomic mass is 10.3. The molecule has 4 aliphatic rings. The number of hydrogen-bond donors (Lipinski definition) is 4. The zero-order valence-corrected chi connectivity index (χ0v) is 31.9. The van der Waals surface area contributed by atoms with Gasteiger partial charge in [0.15, 0.2) is 20.7 Å². The summed E-state index contributed by atoms with van der Waals surface area (Å²) in [5.41, 5.74) is 4.29. The first-order valence-corrected chi connectivity index (χ1v) is 19.5. The van der Waals surface area contributed by atoms with E-state index < -0.39 is 0 Å². The highest BCUT2D eigenvalue weighted by Crippen LogP contribution is 2.26. The van der Waals surface area contributed by atoms with Crippen molar-refractivity contribution in [3.63, 3.8) is 0 Å². The van der Waals surface area contributed by atoms with Crippen LogP contribution in [0.3, 0.4) is 0 Å². The summed E-state index contributed by atoms with van der Waals surface area (Å²) in [7, 11) is 0. The number of nitrogens with zero attached hydrogens (tertiary/aromatic N) is 4. The number of thioether (sulfide) groups is 4. The van der Waals surface area contributed by atoms with Crippen LogP contribution in [0.2, 0.25) is 0 Å². The van der Waals surface area contributed by atoms with E-state index in [-0.39, 0.29) is 0 Å². The molecule has 4 aliphatic heterocycles. The Morgan fingerprint density at radius 3 is 0.673 bits per heavy atom. The first-order valence-electron chi connectivity index (χ1n) is 16.3. The van der Waals surface area contributed by atoms with Crippen LogP contribution in [0.25, 0.3) is 0 Å². The molecule has 0 aromatic heterocycles. The van der Waals surface area contributed by atoms with Crippen molar-refractivity contribution in [1.82, 2.24) is 0 Å². The third-order valence-corrected chi connectivity index (χ3v) is 10.0. The molecule has 4 aromatic rings. The van der Waals surface area contributed by atoms with Gasteiger partial charge >= 0.3 is 0 Å². The lowest BCUT2D eigenvalue weighted by Crippen LogP contribution is -2.03. The largest absolute Gasteiger partial charge is 0.335 e. The monoisotopic (exact) mass is 760 g/mol. The fourth-order valence-electron chi connectivity index (χ4n) is 4.29. The maximum absolute atomic E-state index is 4.28. The topological polar surface area (TPSA) is 97.6 Å². The summed E-state index contributed by atoms with van der Waals surface area (Å²) >= 11 is 6.42. The van der Waals surface area contributed by atoms with Crippen LogP contribution in [0.4, 0.5) is 22.7 Å². The highest BCUT2D eigenvalue weighted by molar-refractivity contribution is 8.18. The SMILES string of the molecule is C=C1CN=C(Nc2ccccc2)S1.C=C1CN=C(Nc2ccccc2)S1.C=C1CN=C(Nc2ccccc2)S1.C=C1CN=C(Nc2ccccc2)S1. The zero-order chi connectivity index (χ0) is 36.4. The molecule has 12 heteroatoms. The Morgan fingerprint density at radius 2 is 0.519 bits per heavy atom. The summed E-state index contributed by atoms with van der Waals surface area (Å²) in [4.78, 5) is 21.5. The average molecular weight is 761 g/mol. The quantitative estimate of drug-likeness (QED) is 0.163. The Labute approximate surface area is 323 Å². The van der Waals surface area contributed by atoms with Gasteiger partial charge in [-0.1, -0.05) is 146 Å². The summed E-state index contributed by atoms with van der Waals surface area (Å²) in [6.07, 6.45) is 0. The van der Waals surface area contributed by atoms with Gasteiger partial charge in [-0.05, 0) is 48.5 Å². The van der Waals surface area contributed by atoms with Crippen LogP contribution >= 0.6 is 47.0 Å². The maximum Gasteiger partial charge on any atom is 0.166 e. The maximum atomic E-state index is 4.28. The summed E-state index contributed by atoms with van der Waals surface area (Å²) in [6, 6.07) is 40.1. The predicted molar refractivity (Wildman–Crippen MR) is 236 cm³/mol. The van der Waals surface area contributed by atoms with E-state index in [0.717, 1.165) is 89.2 Å². The molecule has 0 unspecified atom stereocenters. The molecule has 4 aromatic carbocycles. The van der Waals surface area contributed by atoms with Crippen LogP contribution in [-0.2, 0) is 0 Å². The lowest BCUT2D eigenvalue weighted by Gasteiger charge is -2.03. The second-order valence-corrected chi connectivity index (χ2v) is 15.7. The number of benzene rings is 4. The molecule has 0 fully saturated rings. The molecule has 0 aliphatic carbocycles. The summed E-state index contributed by atoms with van der Waals surface area (Å²) in [5.74, 6) is 0. The van der Waals surface area contributed by atoms with Gasteiger partial charge in [-0.3, -0.25) is 20.0 Å². The number of nitrogens with one attached hydrogen (secondary N) is 4. The Balaban J connectivity index is 0.000000134. The molecule has 52 heavy (non-hydrogen) atoms. The smallest absolute Gasteiger partial charge is 0.166 e. The molecule has 4 heterocycles. The standard InChI is InChI=1S/4C10H10N2S/c4*1-8-7-11-10(13-8)12-9-5-3-2-4-6-9/h4*2-6H,1,7H2,(H,11,12). The van der Waals surface area contributed by atoms with Crippen molar-refractivity contribution in [1.29, 1.82) is 0 Å². The van der Waals surface area contributed by atoms with Gasteiger partial charge in [0.25, 0.3) is 0 Å². The Kier molecular flexibility index (Phi) is 15.4. The van der Waals surface area contributed by atoms with Gasteiger partial charge in [0.2, 0.25) is 0 Å². The summed E-state index contributed by atoms with van der Waals surface area (Å²) < 4.78 is 0. The van der Waals surface area contributed by atoms with E-state index in [4.69, 9.17) is 0 Å². The first-order chi connectivity index (χ1) is 25.4. The molecule has 8 nitrogen and oxygen atoms in total. The van der Waals surface area contributed by atoms with Crippen LogP contribution in [0, 0.1) is 0 Å². The summed E-state index contributed by atoms with van der Waals surface area (Å²) in [6.45, 7) is 18.4. The third-order valence-electron chi connectivity index (χ3n) is 6.66. The van der Waals surface area contributed by atoms with E-state index in [1.807, 2.05) is 121 Å². The van der Waals surface area contributed by atoms with Crippen molar-refractivity contribution in [2.24, 2.45) is 20.0 Å². The van der Waals surface area contributed by atoms with Crippen molar-refractivity contribution in [3.8, 4) is 0 Å². The molecule has 264 valence electrons. The number of amidine groups is 4. The molecular weight excluding hydrogens is 721 g/mol. The molecule has 0 radical (unpaired) electrons. The van der Waals surface area contributed by atoms with Crippen molar-refractivity contribution in [2.45, 2.75) is 0 Å². The molecule has 0 saturated carbocycles. The zero-order valence-electron chi connectivity index (χ0n) is 28.6. The minimum absolute atomic E-state index is 0.736. The van der Waals surface area contributed by atoms with E-state index in [2.05, 4.69) is 67.6 Å². The van der Waals surface area contributed by atoms with Gasteiger partial charge in [0.05, 0.1) is 26.2 Å². The molecule has 0 spiro atoms. The lowest BCUT2D eigenvalue weighted by molar-refractivity contribution is 1.26. The number of rotatable bonds is 4. The third kappa shape index (κ3) is 14.0. The van der Waals surface area contributed by atoms with Gasteiger partial charge in [0.1, 0.15) is 0 Å². The van der Waals surface area contributed by atoms with Gasteiger partial charge < -0.3 is 21.3 Å². The number of para-hydroxylation sites is 4. The number of anilines is 4. The van der Waals surface area contributed by atoms with Crippen LogP contribution in [0.15, 0.2) is 187 Å². The van der Waals surface area contributed by atoms with Crippen molar-refractivity contribution in [3.05, 3.63) is 167 Å². The van der Waals surface area contributed by atoms with Gasteiger partial charge in [-0.25, -0.2) is 0 Å². The van der Waals surface area contributed by atoms with E-state index in [0.29, 0.717) is 0 Å². The van der Waals surface area contributed by atoms with Crippen LogP contribution < -0.4 is 21.3 Å². The number of aliphatic imine (C=N–C) groups is 4. The molecule has 8 rings (SSSR count). The van der Waals surface area contributed by atoms with Crippen molar-refractivity contribution < 1.29 is 0 Å². The second-order valence-electron chi connectivity index (χ2n) is 11.0. The van der Waals surface area contributed by atoms with Gasteiger partial charge in [0, 0.05) is 42.4 Å². The van der Waals surface area contributed by atoms with Crippen LogP contribution in [-0.4, -0.2) is 46.8 Å². The fourth-order valence-corrected chi connectivity index (χ4v) is 7.09. The Morgan fingerprint density at radius 1 is 0.327 bits per heavy atom. The normalized spacial score (nSPS) is 15.7. The Hall–Kier alpha value is -4.88. The molecule has 4 N–H and O–H groups in total. The van der Waals surface area contributed by atoms with Crippen molar-refractivity contribution >= 4 is 90.5 Å². The van der Waals surface area contributed by atoms with Crippen LogP contribution in [0.1, 0.15) is 0 Å². The molecular formula is C40H40N8S4. The molecule has 0 saturated heterocycles.